The van der Waals surface area contributed by atoms with Gasteiger partial charge in [-0.3, -0.25) is 9.59 Å². The predicted molar refractivity (Wildman–Crippen MR) is 130 cm³/mol. The molecule has 0 aliphatic carbocycles. The summed E-state index contributed by atoms with van der Waals surface area (Å²) >= 11 is 0. The van der Waals surface area contributed by atoms with E-state index in [1.165, 1.54) is 25.6 Å². The zero-order chi connectivity index (χ0) is 26.4. The van der Waals surface area contributed by atoms with E-state index in [4.69, 9.17) is 9.47 Å². The molecule has 1 aliphatic rings. The summed E-state index contributed by atoms with van der Waals surface area (Å²) in [5, 5.41) is 6.07. The van der Waals surface area contributed by atoms with Gasteiger partial charge in [0, 0.05) is 18.9 Å². The summed E-state index contributed by atoms with van der Waals surface area (Å²) in [6, 6.07) is 11.6. The minimum atomic E-state index is -4.83. The number of carbonyl (C=O) groups is 2. The lowest BCUT2D eigenvalue weighted by Gasteiger charge is -2.35. The van der Waals surface area contributed by atoms with Gasteiger partial charge in [0.2, 0.25) is 0 Å². The van der Waals surface area contributed by atoms with Gasteiger partial charge in [0.15, 0.2) is 5.78 Å². The number of rotatable bonds is 6. The van der Waals surface area contributed by atoms with Gasteiger partial charge in [-0.25, -0.2) is 4.98 Å². The third-order valence-corrected chi connectivity index (χ3v) is 6.05. The Labute approximate surface area is 208 Å². The topological polar surface area (TPSA) is 105 Å². The van der Waals surface area contributed by atoms with E-state index in [2.05, 4.69) is 20.6 Å². The summed E-state index contributed by atoms with van der Waals surface area (Å²) in [4.78, 5) is 33.2. The van der Waals surface area contributed by atoms with Gasteiger partial charge in [0.25, 0.3) is 5.91 Å². The Kier molecular flexibility index (Phi) is 5.87. The highest BCUT2D eigenvalue weighted by Crippen LogP contribution is 2.41. The normalized spacial score (nSPS) is 17.2. The Bertz CT molecular complexity index is 1520. The van der Waals surface area contributed by atoms with Crippen molar-refractivity contribution in [2.45, 2.75) is 18.6 Å². The van der Waals surface area contributed by atoms with Crippen molar-refractivity contribution in [1.29, 1.82) is 0 Å². The van der Waals surface area contributed by atoms with Crippen molar-refractivity contribution >= 4 is 34.1 Å². The standard InChI is InChI=1S/C26H21F3N4O4/c1-25(13-36-2)24(35)32-19-12-31-23-20(21(19)33-25)17(11-30-23)22(34)16-9-8-15(10-18(16)26(27,28)29)37-14-6-4-3-5-7-14/h3-12,33H,13H2,1-2H3,(H,30,31)(H,32,35)/t25-/m0/s1. The minimum Gasteiger partial charge on any atom is -0.457 e. The zero-order valence-electron chi connectivity index (χ0n) is 19.7. The molecule has 0 saturated heterocycles. The fourth-order valence-electron chi connectivity index (χ4n) is 4.27. The van der Waals surface area contributed by atoms with Crippen molar-refractivity contribution in [3.8, 4) is 11.5 Å². The number of ether oxygens (including phenoxy) is 2. The number of pyridine rings is 1. The molecule has 0 unspecified atom stereocenters. The molecule has 2 aromatic carbocycles. The van der Waals surface area contributed by atoms with Gasteiger partial charge in [-0.05, 0) is 37.3 Å². The van der Waals surface area contributed by atoms with Crippen LogP contribution in [0.25, 0.3) is 11.0 Å². The van der Waals surface area contributed by atoms with Gasteiger partial charge in [-0.15, -0.1) is 0 Å². The van der Waals surface area contributed by atoms with Crippen molar-refractivity contribution in [1.82, 2.24) is 9.97 Å². The molecule has 3 heterocycles. The predicted octanol–water partition coefficient (Wildman–Crippen LogP) is 5.37. The van der Waals surface area contributed by atoms with Crippen molar-refractivity contribution < 1.29 is 32.2 Å². The molecule has 11 heteroatoms. The van der Waals surface area contributed by atoms with E-state index in [9.17, 15) is 22.8 Å². The van der Waals surface area contributed by atoms with Crippen LogP contribution in [0.2, 0.25) is 0 Å². The monoisotopic (exact) mass is 510 g/mol. The molecule has 0 radical (unpaired) electrons. The second-order valence-corrected chi connectivity index (χ2v) is 8.77. The minimum absolute atomic E-state index is 0.0108. The first-order valence-corrected chi connectivity index (χ1v) is 11.2. The molecule has 0 fully saturated rings. The third kappa shape index (κ3) is 4.38. The number of halogens is 3. The number of hydrogen-bond donors (Lipinski definition) is 3. The average Bonchev–Trinajstić information content (AvgIpc) is 3.29. The quantitative estimate of drug-likeness (QED) is 0.301. The van der Waals surface area contributed by atoms with Gasteiger partial charge in [0.1, 0.15) is 22.7 Å². The van der Waals surface area contributed by atoms with Crippen molar-refractivity contribution in [3.05, 3.63) is 77.6 Å². The van der Waals surface area contributed by atoms with Gasteiger partial charge >= 0.3 is 6.18 Å². The largest absolute Gasteiger partial charge is 0.457 e. The van der Waals surface area contributed by atoms with Crippen LogP contribution in [0, 0.1) is 0 Å². The number of para-hydroxylation sites is 1. The lowest BCUT2D eigenvalue weighted by molar-refractivity contribution is -0.138. The van der Waals surface area contributed by atoms with E-state index in [-0.39, 0.29) is 34.9 Å². The van der Waals surface area contributed by atoms with E-state index in [1.807, 2.05) is 0 Å². The summed E-state index contributed by atoms with van der Waals surface area (Å²) < 4.78 is 53.0. The summed E-state index contributed by atoms with van der Waals surface area (Å²) in [5.74, 6) is -0.948. The maximum atomic E-state index is 14.1. The van der Waals surface area contributed by atoms with Crippen molar-refractivity contribution in [2.24, 2.45) is 0 Å². The maximum absolute atomic E-state index is 14.1. The first kappa shape index (κ1) is 24.3. The number of nitrogens with zero attached hydrogens (tertiary/aromatic N) is 1. The van der Waals surface area contributed by atoms with Crippen LogP contribution in [-0.2, 0) is 15.7 Å². The van der Waals surface area contributed by atoms with Crippen LogP contribution < -0.4 is 15.4 Å². The molecule has 4 aromatic rings. The number of aromatic nitrogens is 2. The number of alkyl halides is 3. The number of amides is 1. The first-order chi connectivity index (χ1) is 17.6. The number of benzene rings is 2. The third-order valence-electron chi connectivity index (χ3n) is 6.05. The van der Waals surface area contributed by atoms with Crippen LogP contribution in [0.5, 0.6) is 11.5 Å². The molecular formula is C26H21F3N4O4. The van der Waals surface area contributed by atoms with Gasteiger partial charge in [0.05, 0.1) is 40.7 Å². The summed E-state index contributed by atoms with van der Waals surface area (Å²) in [7, 11) is 1.44. The Morgan fingerprint density at radius 2 is 1.84 bits per heavy atom. The number of fused-ring (bicyclic) bond motifs is 3. The molecule has 1 amide bonds. The number of hydrogen-bond acceptors (Lipinski definition) is 6. The summed E-state index contributed by atoms with van der Waals surface area (Å²) in [5.41, 5.74) is -1.99. The lowest BCUT2D eigenvalue weighted by atomic mass is 9.94. The van der Waals surface area contributed by atoms with Crippen LogP contribution in [-0.4, -0.2) is 40.9 Å². The smallest absolute Gasteiger partial charge is 0.417 e. The Morgan fingerprint density at radius 3 is 2.54 bits per heavy atom. The first-order valence-electron chi connectivity index (χ1n) is 11.2. The fourth-order valence-corrected chi connectivity index (χ4v) is 4.27. The van der Waals surface area contributed by atoms with E-state index in [0.717, 1.165) is 12.1 Å². The van der Waals surface area contributed by atoms with Crippen LogP contribution in [0.1, 0.15) is 28.4 Å². The molecule has 3 N–H and O–H groups in total. The number of carbonyl (C=O) groups excluding carboxylic acids is 2. The summed E-state index contributed by atoms with van der Waals surface area (Å²) in [6.45, 7) is 1.62. The molecule has 0 spiro atoms. The number of nitrogens with one attached hydrogen (secondary N) is 3. The molecule has 8 nitrogen and oxygen atoms in total. The highest BCUT2D eigenvalue weighted by Gasteiger charge is 2.40. The molecule has 0 bridgehead atoms. The molecule has 5 rings (SSSR count). The van der Waals surface area contributed by atoms with Gasteiger partial charge in [-0.2, -0.15) is 13.2 Å². The Hall–Kier alpha value is -4.38. The van der Waals surface area contributed by atoms with Crippen LogP contribution in [0.15, 0.2) is 60.9 Å². The molecule has 0 saturated carbocycles. The van der Waals surface area contributed by atoms with E-state index >= 15 is 0 Å². The number of aromatic amines is 1. The fraction of sp³-hybridized carbons (Fsp3) is 0.192. The maximum Gasteiger partial charge on any atom is 0.417 e. The highest BCUT2D eigenvalue weighted by molar-refractivity contribution is 6.22. The molecule has 37 heavy (non-hydrogen) atoms. The molecular weight excluding hydrogens is 489 g/mol. The second kappa shape index (κ2) is 8.93. The van der Waals surface area contributed by atoms with Crippen LogP contribution in [0.4, 0.5) is 24.5 Å². The Balaban J connectivity index is 1.60. The number of H-pyrrole nitrogens is 1. The second-order valence-electron chi connectivity index (χ2n) is 8.77. The summed E-state index contributed by atoms with van der Waals surface area (Å²) in [6.07, 6.45) is -2.12. The molecule has 1 aliphatic heterocycles. The lowest BCUT2D eigenvalue weighted by Crippen LogP contribution is -2.53. The highest BCUT2D eigenvalue weighted by atomic mass is 19.4. The van der Waals surface area contributed by atoms with Crippen molar-refractivity contribution in [3.63, 3.8) is 0 Å². The average molecular weight is 510 g/mol. The number of ketones is 1. The Morgan fingerprint density at radius 1 is 1.08 bits per heavy atom. The molecule has 190 valence electrons. The van der Waals surface area contributed by atoms with Crippen molar-refractivity contribution in [2.75, 3.05) is 24.4 Å². The van der Waals surface area contributed by atoms with Gasteiger partial charge in [-0.1, -0.05) is 18.2 Å². The van der Waals surface area contributed by atoms with E-state index in [0.29, 0.717) is 17.1 Å². The van der Waals surface area contributed by atoms with E-state index in [1.54, 1.807) is 37.3 Å². The van der Waals surface area contributed by atoms with Crippen LogP contribution in [0.3, 0.4) is 0 Å². The number of anilines is 2. The number of methoxy groups -OCH3 is 1. The van der Waals surface area contributed by atoms with Gasteiger partial charge < -0.3 is 25.1 Å². The van der Waals surface area contributed by atoms with E-state index < -0.39 is 28.6 Å². The SMILES string of the molecule is COC[C@]1(C)Nc2c(cnc3[nH]cc(C(=O)c4ccc(Oc5ccccc5)cc4C(F)(F)F)c23)NC1=O. The van der Waals surface area contributed by atoms with Crippen LogP contribution >= 0.6 is 0 Å². The zero-order valence-corrected chi connectivity index (χ0v) is 19.7. The molecule has 2 aromatic heterocycles. The molecule has 1 atom stereocenters.